The van der Waals surface area contributed by atoms with E-state index >= 15 is 0 Å². The highest BCUT2D eigenvalue weighted by molar-refractivity contribution is 5.70. The second-order valence-corrected chi connectivity index (χ2v) is 4.58. The van der Waals surface area contributed by atoms with Crippen LogP contribution in [0.1, 0.15) is 5.56 Å². The molecule has 0 bridgehead atoms. The lowest BCUT2D eigenvalue weighted by atomic mass is 10.2. The molecule has 1 aromatic rings. The fourth-order valence-corrected chi connectivity index (χ4v) is 1.76. The number of rotatable bonds is 5. The van der Waals surface area contributed by atoms with Crippen molar-refractivity contribution in [1.29, 1.82) is 0 Å². The minimum Gasteiger partial charge on any atom is -0.383 e. The largest absolute Gasteiger partial charge is 0.383 e. The maximum atomic E-state index is 9.95. The Kier molecular flexibility index (Phi) is 8.62. The van der Waals surface area contributed by atoms with Crippen LogP contribution in [0.3, 0.4) is 0 Å². The van der Waals surface area contributed by atoms with Crippen molar-refractivity contribution in [2.45, 2.75) is 6.92 Å². The third-order valence-electron chi connectivity index (χ3n) is 2.99. The molecule has 0 unspecified atom stereocenters. The number of nitrogens with one attached hydrogen (secondary N) is 1. The molecule has 1 N–H and O–H groups in total. The fraction of sp³-hybridized carbons (Fsp3) is 0.533. The summed E-state index contributed by atoms with van der Waals surface area (Å²) >= 11 is 0. The number of aryl methyl sites for hydroxylation is 1. The molecule has 1 heterocycles. The first-order chi connectivity index (χ1) is 9.76. The lowest BCUT2D eigenvalue weighted by Gasteiger charge is -2.25. The summed E-state index contributed by atoms with van der Waals surface area (Å²) in [5.74, 6) is 0. The Morgan fingerprint density at radius 3 is 2.50 bits per heavy atom. The number of hydrogen-bond donors (Lipinski definition) is 1. The standard InChI is InChI=1S/C8H9NO.C7H15NO2/c1-7-2-4-8(5-3-7)9-6-10;1-9-5-2-8-3-6-10-7-4-8/h2-6H,1H3,(H,9,10);2-7H2,1H3. The van der Waals surface area contributed by atoms with Crippen LogP contribution < -0.4 is 5.32 Å². The molecule has 5 heteroatoms. The fourth-order valence-electron chi connectivity index (χ4n) is 1.76. The molecular formula is C15H24N2O3. The van der Waals surface area contributed by atoms with Gasteiger partial charge in [-0.2, -0.15) is 0 Å². The summed E-state index contributed by atoms with van der Waals surface area (Å²) in [5, 5.41) is 2.55. The zero-order valence-electron chi connectivity index (χ0n) is 12.3. The van der Waals surface area contributed by atoms with Gasteiger partial charge in [-0.3, -0.25) is 9.69 Å². The van der Waals surface area contributed by atoms with E-state index in [0.29, 0.717) is 6.41 Å². The molecule has 0 atom stereocenters. The van der Waals surface area contributed by atoms with Gasteiger partial charge >= 0.3 is 0 Å². The predicted molar refractivity (Wildman–Crippen MR) is 80.0 cm³/mol. The minimum atomic E-state index is 0.671. The molecule has 20 heavy (non-hydrogen) atoms. The maximum Gasteiger partial charge on any atom is 0.211 e. The Labute approximate surface area is 120 Å². The van der Waals surface area contributed by atoms with E-state index in [9.17, 15) is 4.79 Å². The summed E-state index contributed by atoms with van der Waals surface area (Å²) in [4.78, 5) is 12.3. The highest BCUT2D eigenvalue weighted by atomic mass is 16.5. The van der Waals surface area contributed by atoms with Crippen LogP contribution >= 0.6 is 0 Å². The summed E-state index contributed by atoms with van der Waals surface area (Å²) in [6.07, 6.45) is 0.671. The van der Waals surface area contributed by atoms with Crippen LogP contribution in [0.25, 0.3) is 0 Å². The van der Waals surface area contributed by atoms with Crippen LogP contribution in [0.2, 0.25) is 0 Å². The molecule has 1 amide bonds. The van der Waals surface area contributed by atoms with Gasteiger partial charge in [0.05, 0.1) is 19.8 Å². The van der Waals surface area contributed by atoms with E-state index in [1.165, 1.54) is 5.56 Å². The van der Waals surface area contributed by atoms with Gasteiger partial charge in [0.2, 0.25) is 6.41 Å². The van der Waals surface area contributed by atoms with Crippen LogP contribution in [0.4, 0.5) is 5.69 Å². The molecule has 0 radical (unpaired) electrons. The van der Waals surface area contributed by atoms with E-state index in [-0.39, 0.29) is 0 Å². The Morgan fingerprint density at radius 1 is 1.30 bits per heavy atom. The molecule has 1 aromatic carbocycles. The van der Waals surface area contributed by atoms with Gasteiger partial charge in [-0.1, -0.05) is 17.7 Å². The minimum absolute atomic E-state index is 0.671. The number of methoxy groups -OCH3 is 1. The zero-order valence-corrected chi connectivity index (χ0v) is 12.3. The van der Waals surface area contributed by atoms with E-state index in [1.54, 1.807) is 7.11 Å². The number of nitrogens with zero attached hydrogens (tertiary/aromatic N) is 1. The normalized spacial score (nSPS) is 15.1. The van der Waals surface area contributed by atoms with Gasteiger partial charge in [-0.25, -0.2) is 0 Å². The molecule has 1 aliphatic heterocycles. The molecule has 1 fully saturated rings. The van der Waals surface area contributed by atoms with Crippen molar-refractivity contribution in [2.75, 3.05) is 51.9 Å². The SMILES string of the molecule is COCCN1CCOCC1.Cc1ccc(NC=O)cc1. The van der Waals surface area contributed by atoms with Crippen molar-refractivity contribution < 1.29 is 14.3 Å². The summed E-state index contributed by atoms with van der Waals surface area (Å²) in [5.41, 5.74) is 2.03. The first-order valence-corrected chi connectivity index (χ1v) is 6.82. The van der Waals surface area contributed by atoms with Crippen LogP contribution in [-0.4, -0.2) is 57.9 Å². The summed E-state index contributed by atoms with van der Waals surface area (Å²) in [6.45, 7) is 7.75. The number of benzene rings is 1. The molecule has 1 aliphatic rings. The monoisotopic (exact) mass is 280 g/mol. The Morgan fingerprint density at radius 2 is 1.95 bits per heavy atom. The molecule has 0 saturated carbocycles. The average Bonchev–Trinajstić information content (AvgIpc) is 2.49. The Balaban J connectivity index is 0.000000200. The summed E-state index contributed by atoms with van der Waals surface area (Å²) < 4.78 is 10.2. The van der Waals surface area contributed by atoms with Crippen LogP contribution in [0.15, 0.2) is 24.3 Å². The second kappa shape index (κ2) is 10.4. The van der Waals surface area contributed by atoms with Gasteiger partial charge < -0.3 is 14.8 Å². The van der Waals surface area contributed by atoms with Crippen molar-refractivity contribution in [3.8, 4) is 0 Å². The number of anilines is 1. The van der Waals surface area contributed by atoms with E-state index in [0.717, 1.165) is 45.1 Å². The van der Waals surface area contributed by atoms with Crippen LogP contribution in [-0.2, 0) is 14.3 Å². The third-order valence-corrected chi connectivity index (χ3v) is 2.99. The smallest absolute Gasteiger partial charge is 0.211 e. The molecule has 0 spiro atoms. The van der Waals surface area contributed by atoms with Gasteiger partial charge in [-0.05, 0) is 19.1 Å². The van der Waals surface area contributed by atoms with Crippen LogP contribution in [0.5, 0.6) is 0 Å². The first-order valence-electron chi connectivity index (χ1n) is 6.82. The molecule has 5 nitrogen and oxygen atoms in total. The zero-order chi connectivity index (χ0) is 14.6. The number of morpholine rings is 1. The topological polar surface area (TPSA) is 50.8 Å². The van der Waals surface area contributed by atoms with Crippen molar-refractivity contribution in [2.24, 2.45) is 0 Å². The summed E-state index contributed by atoms with van der Waals surface area (Å²) in [7, 11) is 1.74. The van der Waals surface area contributed by atoms with Gasteiger partial charge in [0.25, 0.3) is 0 Å². The number of carbonyl (C=O) groups excluding carboxylic acids is 1. The maximum absolute atomic E-state index is 9.95. The number of hydrogen-bond acceptors (Lipinski definition) is 4. The molecule has 0 aliphatic carbocycles. The van der Waals surface area contributed by atoms with E-state index in [2.05, 4.69) is 10.2 Å². The Bertz CT molecular complexity index is 362. The third kappa shape index (κ3) is 7.23. The van der Waals surface area contributed by atoms with Crippen molar-refractivity contribution >= 4 is 12.1 Å². The number of amides is 1. The Hall–Kier alpha value is -1.43. The van der Waals surface area contributed by atoms with Gasteiger partial charge in [0.15, 0.2) is 0 Å². The average molecular weight is 280 g/mol. The molecule has 0 aromatic heterocycles. The highest BCUT2D eigenvalue weighted by Crippen LogP contribution is 2.06. The second-order valence-electron chi connectivity index (χ2n) is 4.58. The van der Waals surface area contributed by atoms with Crippen molar-refractivity contribution in [3.05, 3.63) is 29.8 Å². The lowest BCUT2D eigenvalue weighted by Crippen LogP contribution is -2.38. The molecule has 2 rings (SSSR count). The van der Waals surface area contributed by atoms with Crippen molar-refractivity contribution in [1.82, 2.24) is 4.90 Å². The van der Waals surface area contributed by atoms with Gasteiger partial charge in [-0.15, -0.1) is 0 Å². The van der Waals surface area contributed by atoms with E-state index in [1.807, 2.05) is 31.2 Å². The predicted octanol–water partition coefficient (Wildman–Crippen LogP) is 1.53. The van der Waals surface area contributed by atoms with Gasteiger partial charge in [0, 0.05) is 32.4 Å². The molecular weight excluding hydrogens is 256 g/mol. The number of ether oxygens (including phenoxy) is 2. The van der Waals surface area contributed by atoms with Crippen molar-refractivity contribution in [3.63, 3.8) is 0 Å². The first kappa shape index (κ1) is 16.6. The highest BCUT2D eigenvalue weighted by Gasteiger charge is 2.08. The lowest BCUT2D eigenvalue weighted by molar-refractivity contribution is -0.105. The molecule has 1 saturated heterocycles. The van der Waals surface area contributed by atoms with Gasteiger partial charge in [0.1, 0.15) is 0 Å². The quantitative estimate of drug-likeness (QED) is 0.831. The van der Waals surface area contributed by atoms with Crippen LogP contribution in [0, 0.1) is 6.92 Å². The molecule has 112 valence electrons. The number of carbonyl (C=O) groups is 1. The summed E-state index contributed by atoms with van der Waals surface area (Å²) in [6, 6.07) is 7.63. The van der Waals surface area contributed by atoms with E-state index in [4.69, 9.17) is 9.47 Å². The van der Waals surface area contributed by atoms with E-state index < -0.39 is 0 Å².